The van der Waals surface area contributed by atoms with Gasteiger partial charge in [-0.3, -0.25) is 9.59 Å². The molecule has 1 aromatic rings. The van der Waals surface area contributed by atoms with E-state index in [1.54, 1.807) is 0 Å². The zero-order valence-electron chi connectivity index (χ0n) is 15.0. The number of piperidine rings is 1. The molecule has 0 unspecified atom stereocenters. The minimum absolute atomic E-state index is 0.0826. The second kappa shape index (κ2) is 8.47. The molecule has 25 heavy (non-hydrogen) atoms. The highest BCUT2D eigenvalue weighted by molar-refractivity contribution is 5.91. The van der Waals surface area contributed by atoms with Crippen molar-refractivity contribution in [2.45, 2.75) is 32.6 Å². The van der Waals surface area contributed by atoms with Gasteiger partial charge in [-0.1, -0.05) is 6.92 Å². The first-order valence-electron chi connectivity index (χ1n) is 9.35. The monoisotopic (exact) mass is 348 g/mol. The summed E-state index contributed by atoms with van der Waals surface area (Å²) in [7, 11) is 0. The lowest BCUT2D eigenvalue weighted by molar-refractivity contribution is -0.133. The Hall–Kier alpha value is -1.89. The SMILES string of the molecule is CCN1CCN(C(=O)CCC2CCN(C(=O)c3cnco3)CC2)CC1. The van der Waals surface area contributed by atoms with Crippen LogP contribution in [0.1, 0.15) is 43.2 Å². The van der Waals surface area contributed by atoms with Crippen LogP contribution in [0, 0.1) is 5.92 Å². The fraction of sp³-hybridized carbons (Fsp3) is 0.722. The number of carbonyl (C=O) groups is 2. The lowest BCUT2D eigenvalue weighted by Gasteiger charge is -2.35. The van der Waals surface area contributed by atoms with Crippen LogP contribution in [0.4, 0.5) is 0 Å². The number of oxazole rings is 1. The number of aromatic nitrogens is 1. The molecular formula is C18H28N4O3. The number of likely N-dealkylation sites (tertiary alicyclic amines) is 1. The number of nitrogens with zero attached hydrogens (tertiary/aromatic N) is 4. The van der Waals surface area contributed by atoms with Crippen LogP contribution < -0.4 is 0 Å². The van der Waals surface area contributed by atoms with Crippen molar-refractivity contribution in [2.24, 2.45) is 5.92 Å². The number of piperazine rings is 1. The van der Waals surface area contributed by atoms with Crippen molar-refractivity contribution in [3.05, 3.63) is 18.4 Å². The van der Waals surface area contributed by atoms with Crippen molar-refractivity contribution < 1.29 is 14.0 Å². The highest BCUT2D eigenvalue weighted by Gasteiger charge is 2.26. The van der Waals surface area contributed by atoms with Gasteiger partial charge >= 0.3 is 0 Å². The molecular weight excluding hydrogens is 320 g/mol. The molecule has 0 N–H and O–H groups in total. The van der Waals surface area contributed by atoms with Crippen LogP contribution in [-0.4, -0.2) is 77.3 Å². The van der Waals surface area contributed by atoms with Crippen LogP contribution in [0.5, 0.6) is 0 Å². The van der Waals surface area contributed by atoms with Crippen LogP contribution in [0.25, 0.3) is 0 Å². The lowest BCUT2D eigenvalue weighted by atomic mass is 9.92. The average molecular weight is 348 g/mol. The van der Waals surface area contributed by atoms with Gasteiger partial charge in [-0.15, -0.1) is 0 Å². The number of hydrogen-bond donors (Lipinski definition) is 0. The Balaban J connectivity index is 1.36. The second-order valence-electron chi connectivity index (χ2n) is 6.95. The van der Waals surface area contributed by atoms with Gasteiger partial charge in [0.15, 0.2) is 6.39 Å². The molecule has 138 valence electrons. The molecule has 7 heteroatoms. The van der Waals surface area contributed by atoms with Crippen LogP contribution in [0.15, 0.2) is 17.0 Å². The molecule has 2 saturated heterocycles. The van der Waals surface area contributed by atoms with Gasteiger partial charge in [-0.25, -0.2) is 4.98 Å². The van der Waals surface area contributed by atoms with E-state index in [4.69, 9.17) is 4.42 Å². The van der Waals surface area contributed by atoms with Crippen molar-refractivity contribution in [1.82, 2.24) is 19.7 Å². The molecule has 2 fully saturated rings. The van der Waals surface area contributed by atoms with E-state index in [9.17, 15) is 9.59 Å². The largest absolute Gasteiger partial charge is 0.438 e. The predicted molar refractivity (Wildman–Crippen MR) is 93.1 cm³/mol. The van der Waals surface area contributed by atoms with E-state index in [0.29, 0.717) is 18.1 Å². The topological polar surface area (TPSA) is 69.9 Å². The van der Waals surface area contributed by atoms with Crippen molar-refractivity contribution >= 4 is 11.8 Å². The molecule has 7 nitrogen and oxygen atoms in total. The Bertz CT molecular complexity index is 559. The highest BCUT2D eigenvalue weighted by Crippen LogP contribution is 2.23. The number of carbonyl (C=O) groups excluding carboxylic acids is 2. The summed E-state index contributed by atoms with van der Waals surface area (Å²) in [5, 5.41) is 0. The Kier molecular flexibility index (Phi) is 6.07. The fourth-order valence-corrected chi connectivity index (χ4v) is 3.70. The minimum atomic E-state index is -0.0826. The third-order valence-corrected chi connectivity index (χ3v) is 5.48. The van der Waals surface area contributed by atoms with E-state index in [0.717, 1.165) is 65.1 Å². The number of amides is 2. The van der Waals surface area contributed by atoms with E-state index < -0.39 is 0 Å². The van der Waals surface area contributed by atoms with Gasteiger partial charge in [-0.2, -0.15) is 0 Å². The van der Waals surface area contributed by atoms with Crippen LogP contribution >= 0.6 is 0 Å². The summed E-state index contributed by atoms with van der Waals surface area (Å²) < 4.78 is 5.08. The van der Waals surface area contributed by atoms with Gasteiger partial charge in [-0.05, 0) is 31.7 Å². The molecule has 0 spiro atoms. The Morgan fingerprint density at radius 3 is 2.44 bits per heavy atom. The third kappa shape index (κ3) is 4.60. The quantitative estimate of drug-likeness (QED) is 0.806. The van der Waals surface area contributed by atoms with E-state index in [1.807, 2.05) is 9.80 Å². The molecule has 0 radical (unpaired) electrons. The minimum Gasteiger partial charge on any atom is -0.438 e. The van der Waals surface area contributed by atoms with Gasteiger partial charge in [0.1, 0.15) is 0 Å². The summed E-state index contributed by atoms with van der Waals surface area (Å²) in [6.45, 7) is 8.38. The molecule has 0 aromatic carbocycles. The molecule has 2 amide bonds. The van der Waals surface area contributed by atoms with E-state index >= 15 is 0 Å². The van der Waals surface area contributed by atoms with E-state index in [-0.39, 0.29) is 11.8 Å². The summed E-state index contributed by atoms with van der Waals surface area (Å²) >= 11 is 0. The Labute approximate surface area is 149 Å². The first-order chi connectivity index (χ1) is 12.2. The maximum Gasteiger partial charge on any atom is 0.291 e. The normalized spacial score (nSPS) is 20.0. The van der Waals surface area contributed by atoms with Crippen molar-refractivity contribution in [3.8, 4) is 0 Å². The molecule has 3 heterocycles. The lowest BCUT2D eigenvalue weighted by Crippen LogP contribution is -2.48. The molecule has 1 aromatic heterocycles. The van der Waals surface area contributed by atoms with Crippen LogP contribution in [0.2, 0.25) is 0 Å². The zero-order chi connectivity index (χ0) is 17.6. The van der Waals surface area contributed by atoms with Gasteiger partial charge in [0.2, 0.25) is 11.7 Å². The first-order valence-corrected chi connectivity index (χ1v) is 9.35. The fourth-order valence-electron chi connectivity index (χ4n) is 3.70. The molecule has 0 bridgehead atoms. The average Bonchev–Trinajstić information content (AvgIpc) is 3.21. The zero-order valence-corrected chi connectivity index (χ0v) is 15.0. The van der Waals surface area contributed by atoms with Crippen LogP contribution in [-0.2, 0) is 4.79 Å². The number of hydrogen-bond acceptors (Lipinski definition) is 5. The second-order valence-corrected chi connectivity index (χ2v) is 6.95. The van der Waals surface area contributed by atoms with Gasteiger partial charge in [0, 0.05) is 45.7 Å². The summed E-state index contributed by atoms with van der Waals surface area (Å²) in [5.74, 6) is 1.04. The van der Waals surface area contributed by atoms with Crippen molar-refractivity contribution in [1.29, 1.82) is 0 Å². The maximum absolute atomic E-state index is 12.4. The molecule has 0 atom stereocenters. The van der Waals surface area contributed by atoms with Gasteiger partial charge in [0.05, 0.1) is 6.20 Å². The van der Waals surface area contributed by atoms with Crippen molar-refractivity contribution in [2.75, 3.05) is 45.8 Å². The van der Waals surface area contributed by atoms with Crippen molar-refractivity contribution in [3.63, 3.8) is 0 Å². The predicted octanol–water partition coefficient (Wildman–Crippen LogP) is 1.47. The molecule has 2 aliphatic heterocycles. The van der Waals surface area contributed by atoms with E-state index in [2.05, 4.69) is 16.8 Å². The summed E-state index contributed by atoms with van der Waals surface area (Å²) in [6.07, 6.45) is 6.22. The number of likely N-dealkylation sites (N-methyl/N-ethyl adjacent to an activating group) is 1. The standard InChI is InChI=1S/C18H28N4O3/c1-2-20-9-11-21(12-10-20)17(23)4-3-15-5-7-22(8-6-15)18(24)16-13-19-14-25-16/h13-15H,2-12H2,1H3. The molecule has 3 rings (SSSR count). The van der Waals surface area contributed by atoms with Crippen LogP contribution in [0.3, 0.4) is 0 Å². The van der Waals surface area contributed by atoms with E-state index in [1.165, 1.54) is 12.6 Å². The Morgan fingerprint density at radius 2 is 1.84 bits per heavy atom. The summed E-state index contributed by atoms with van der Waals surface area (Å²) in [6, 6.07) is 0. The van der Waals surface area contributed by atoms with Gasteiger partial charge < -0.3 is 19.1 Å². The Morgan fingerprint density at radius 1 is 1.12 bits per heavy atom. The first kappa shape index (κ1) is 17.9. The third-order valence-electron chi connectivity index (χ3n) is 5.48. The van der Waals surface area contributed by atoms with Gasteiger partial charge in [0.25, 0.3) is 5.91 Å². The highest BCUT2D eigenvalue weighted by atomic mass is 16.3. The maximum atomic E-state index is 12.4. The molecule has 0 saturated carbocycles. The smallest absolute Gasteiger partial charge is 0.291 e. The molecule has 2 aliphatic rings. The number of rotatable bonds is 5. The molecule has 0 aliphatic carbocycles. The summed E-state index contributed by atoms with van der Waals surface area (Å²) in [4.78, 5) is 34.6. The summed E-state index contributed by atoms with van der Waals surface area (Å²) in [5.41, 5.74) is 0.